The van der Waals surface area contributed by atoms with Crippen LogP contribution in [0.25, 0.3) is 44.6 Å². The maximum Gasteiger partial charge on any atom is 0.234 e. The Bertz CT molecular complexity index is 1920. The van der Waals surface area contributed by atoms with Crippen LogP contribution in [0.1, 0.15) is 24.2 Å². The highest BCUT2D eigenvalue weighted by atomic mass is 15.1. The van der Waals surface area contributed by atoms with Gasteiger partial charge in [-0.15, -0.1) is 0 Å². The summed E-state index contributed by atoms with van der Waals surface area (Å²) in [7, 11) is 1.99. The Morgan fingerprint density at radius 3 is 2.29 bits per heavy atom. The molecule has 9 heteroatoms. The summed E-state index contributed by atoms with van der Waals surface area (Å²) in [4.78, 5) is 25.4. The molecule has 3 aromatic heterocycles. The molecule has 4 heterocycles. The molecule has 0 atom stereocenters. The highest BCUT2D eigenvalue weighted by molar-refractivity contribution is 5.94. The summed E-state index contributed by atoms with van der Waals surface area (Å²) in [5, 5.41) is 12.5. The van der Waals surface area contributed by atoms with Gasteiger partial charge in [-0.25, -0.2) is 24.9 Å². The Hall–Kier alpha value is -5.20. The molecule has 0 aliphatic carbocycles. The second-order valence-corrected chi connectivity index (χ2v) is 10.7. The molecule has 42 heavy (non-hydrogen) atoms. The summed E-state index contributed by atoms with van der Waals surface area (Å²) in [5.41, 5.74) is 8.73. The van der Waals surface area contributed by atoms with E-state index < -0.39 is 0 Å². The first kappa shape index (κ1) is 25.7. The summed E-state index contributed by atoms with van der Waals surface area (Å²) in [5.74, 6) is 0.906. The van der Waals surface area contributed by atoms with Crippen LogP contribution in [0.4, 0.5) is 5.82 Å². The zero-order valence-electron chi connectivity index (χ0n) is 23.3. The highest BCUT2D eigenvalue weighted by Gasteiger charge is 2.20. The zero-order valence-corrected chi connectivity index (χ0v) is 23.3. The Morgan fingerprint density at radius 2 is 1.55 bits per heavy atom. The molecule has 1 saturated heterocycles. The number of likely N-dealkylation sites (tertiary alicyclic amines) is 1. The highest BCUT2D eigenvalue weighted by Crippen LogP contribution is 2.32. The van der Waals surface area contributed by atoms with Gasteiger partial charge in [-0.3, -0.25) is 4.90 Å². The molecule has 1 aliphatic rings. The lowest BCUT2D eigenvalue weighted by Crippen LogP contribution is -2.38. The minimum atomic E-state index is 0.192. The van der Waals surface area contributed by atoms with E-state index in [1.807, 2.05) is 54.3 Å². The third-order valence-electron chi connectivity index (χ3n) is 7.89. The molecule has 0 unspecified atom stereocenters. The summed E-state index contributed by atoms with van der Waals surface area (Å²) in [6.45, 7) is 2.88. The third kappa shape index (κ3) is 5.16. The average molecular weight is 552 g/mol. The van der Waals surface area contributed by atoms with Gasteiger partial charge < -0.3 is 9.88 Å². The van der Waals surface area contributed by atoms with Crippen molar-refractivity contribution in [1.29, 1.82) is 5.26 Å². The third-order valence-corrected chi connectivity index (χ3v) is 7.89. The van der Waals surface area contributed by atoms with Crippen molar-refractivity contribution in [2.45, 2.75) is 25.4 Å². The van der Waals surface area contributed by atoms with E-state index in [0.717, 1.165) is 77.1 Å². The van der Waals surface area contributed by atoms with Crippen LogP contribution >= 0.6 is 0 Å². The minimum Gasteiger partial charge on any atom is -0.367 e. The fourth-order valence-corrected chi connectivity index (χ4v) is 5.64. The van der Waals surface area contributed by atoms with Crippen molar-refractivity contribution in [3.05, 3.63) is 96.7 Å². The number of aryl methyl sites for hydroxylation is 1. The lowest BCUT2D eigenvalue weighted by molar-refractivity contribution is 0.211. The van der Waals surface area contributed by atoms with Gasteiger partial charge in [0.05, 0.1) is 39.8 Å². The van der Waals surface area contributed by atoms with Crippen LogP contribution in [0.3, 0.4) is 0 Å². The first-order valence-corrected chi connectivity index (χ1v) is 14.1. The first-order chi connectivity index (χ1) is 20.6. The number of anilines is 1. The van der Waals surface area contributed by atoms with Gasteiger partial charge in [0.15, 0.2) is 0 Å². The number of rotatable bonds is 6. The summed E-state index contributed by atoms with van der Waals surface area (Å²) < 4.78 is 2.01. The van der Waals surface area contributed by atoms with Crippen molar-refractivity contribution in [3.8, 4) is 28.6 Å². The van der Waals surface area contributed by atoms with Crippen molar-refractivity contribution in [2.75, 3.05) is 18.4 Å². The molecule has 9 nitrogen and oxygen atoms in total. The van der Waals surface area contributed by atoms with Crippen molar-refractivity contribution < 1.29 is 0 Å². The molecule has 1 aliphatic heterocycles. The average Bonchev–Trinajstić information content (AvgIpc) is 3.40. The molecule has 0 amide bonds. The lowest BCUT2D eigenvalue weighted by Gasteiger charge is -2.32. The summed E-state index contributed by atoms with van der Waals surface area (Å²) in [6.07, 6.45) is 5.48. The van der Waals surface area contributed by atoms with Gasteiger partial charge in [-0.05, 0) is 36.6 Å². The molecular formula is C33H29N9. The molecule has 206 valence electrons. The topological polar surface area (TPSA) is 108 Å². The summed E-state index contributed by atoms with van der Waals surface area (Å²) in [6, 6.07) is 27.2. The number of nitrogens with one attached hydrogen (secondary N) is 1. The number of hydrogen-bond acceptors (Lipinski definition) is 8. The van der Waals surface area contributed by atoms with Gasteiger partial charge in [-0.1, -0.05) is 54.6 Å². The normalized spacial score (nSPS) is 14.3. The van der Waals surface area contributed by atoms with Crippen LogP contribution in [0.2, 0.25) is 0 Å². The van der Waals surface area contributed by atoms with Crippen LogP contribution in [-0.4, -0.2) is 53.5 Å². The molecule has 1 N–H and O–H groups in total. The molecule has 0 radical (unpaired) electrons. The first-order valence-electron chi connectivity index (χ1n) is 14.1. The second kappa shape index (κ2) is 11.0. The molecule has 1 fully saturated rings. The lowest BCUT2D eigenvalue weighted by atomic mass is 10.0. The van der Waals surface area contributed by atoms with Gasteiger partial charge in [0, 0.05) is 50.0 Å². The Kier molecular flexibility index (Phi) is 6.74. The van der Waals surface area contributed by atoms with E-state index in [-0.39, 0.29) is 5.82 Å². The Labute approximate surface area is 243 Å². The van der Waals surface area contributed by atoms with Crippen molar-refractivity contribution in [3.63, 3.8) is 0 Å². The minimum absolute atomic E-state index is 0.192. The van der Waals surface area contributed by atoms with E-state index >= 15 is 0 Å². The molecule has 0 bridgehead atoms. The van der Waals surface area contributed by atoms with Crippen molar-refractivity contribution >= 4 is 27.9 Å². The largest absolute Gasteiger partial charge is 0.367 e. The van der Waals surface area contributed by atoms with Crippen LogP contribution in [0, 0.1) is 11.3 Å². The van der Waals surface area contributed by atoms with E-state index in [4.69, 9.17) is 15.2 Å². The molecular weight excluding hydrogens is 522 g/mol. The quantitative estimate of drug-likeness (QED) is 0.285. The Balaban J connectivity index is 1.10. The Morgan fingerprint density at radius 1 is 0.833 bits per heavy atom. The maximum atomic E-state index is 9.05. The zero-order chi connectivity index (χ0) is 28.5. The van der Waals surface area contributed by atoms with Gasteiger partial charge >= 0.3 is 0 Å². The van der Waals surface area contributed by atoms with Gasteiger partial charge in [0.25, 0.3) is 0 Å². The maximum absolute atomic E-state index is 9.05. The SMILES string of the molecule is Cn1cnc2cc3nc(-c4ccc(CN5CCC(Nc6ccnc(C#N)n6)CC5)cc4)c(-c4ccccc4)nc3cc21. The second-order valence-electron chi connectivity index (χ2n) is 10.7. The number of hydrogen-bond donors (Lipinski definition) is 1. The van der Waals surface area contributed by atoms with E-state index in [9.17, 15) is 0 Å². The standard InChI is InChI=1S/C33H29N9/c1-41-21-36-28-17-26-27(18-29(28)41)39-32(23-5-3-2-4-6-23)33(38-26)24-9-7-22(8-10-24)20-42-15-12-25(13-16-42)37-30-11-14-35-31(19-34)40-30/h2-11,14,17-18,21,25H,12-13,15-16,20H2,1H3,(H,35,37,40). The predicted octanol–water partition coefficient (Wildman–Crippen LogP) is 5.59. The number of fused-ring (bicyclic) bond motifs is 2. The van der Waals surface area contributed by atoms with Gasteiger partial charge in [-0.2, -0.15) is 5.26 Å². The summed E-state index contributed by atoms with van der Waals surface area (Å²) >= 11 is 0. The number of nitriles is 1. The van der Waals surface area contributed by atoms with Crippen molar-refractivity contribution in [2.24, 2.45) is 7.05 Å². The van der Waals surface area contributed by atoms with Crippen LogP contribution in [-0.2, 0) is 13.6 Å². The van der Waals surface area contributed by atoms with Crippen LogP contribution < -0.4 is 5.32 Å². The van der Waals surface area contributed by atoms with E-state index in [0.29, 0.717) is 11.9 Å². The number of imidazole rings is 1. The van der Waals surface area contributed by atoms with Crippen molar-refractivity contribution in [1.82, 2.24) is 34.4 Å². The van der Waals surface area contributed by atoms with E-state index in [2.05, 4.69) is 67.6 Å². The monoisotopic (exact) mass is 551 g/mol. The van der Waals surface area contributed by atoms with Crippen LogP contribution in [0.15, 0.2) is 85.3 Å². The molecule has 7 rings (SSSR count). The molecule has 0 saturated carbocycles. The van der Waals surface area contributed by atoms with E-state index in [1.54, 1.807) is 6.20 Å². The smallest absolute Gasteiger partial charge is 0.234 e. The van der Waals surface area contributed by atoms with Crippen LogP contribution in [0.5, 0.6) is 0 Å². The number of nitrogens with zero attached hydrogens (tertiary/aromatic N) is 8. The number of benzene rings is 3. The number of aromatic nitrogens is 6. The fraction of sp³-hybridized carbons (Fsp3) is 0.212. The molecule has 6 aromatic rings. The predicted molar refractivity (Wildman–Crippen MR) is 163 cm³/mol. The molecule has 0 spiro atoms. The molecule has 3 aromatic carbocycles. The number of piperidine rings is 1. The van der Waals surface area contributed by atoms with E-state index in [1.165, 1.54) is 5.56 Å². The van der Waals surface area contributed by atoms with Gasteiger partial charge in [0.1, 0.15) is 11.9 Å². The van der Waals surface area contributed by atoms with Gasteiger partial charge in [0.2, 0.25) is 5.82 Å². The fourth-order valence-electron chi connectivity index (χ4n) is 5.64.